The molecular formula is C8H12NO. The van der Waals surface area contributed by atoms with Gasteiger partial charge in [-0.05, 0) is 12.5 Å². The summed E-state index contributed by atoms with van der Waals surface area (Å²) in [5, 5.41) is 0. The first kappa shape index (κ1) is 7.32. The normalized spacial score (nSPS) is 17.5. The molecule has 0 unspecified atom stereocenters. The lowest BCUT2D eigenvalue weighted by Gasteiger charge is -2.22. The number of carbonyl (C=O) groups excluding carboxylic acids is 1. The molecule has 2 nitrogen and oxygen atoms in total. The van der Waals surface area contributed by atoms with Gasteiger partial charge in [0.1, 0.15) is 0 Å². The number of hydrogen-bond acceptors (Lipinski definition) is 1. The SMILES string of the molecule is CCC(=O)N1CC=[C]CC1. The van der Waals surface area contributed by atoms with E-state index < -0.39 is 0 Å². The molecule has 0 spiro atoms. The van der Waals surface area contributed by atoms with Gasteiger partial charge < -0.3 is 4.90 Å². The van der Waals surface area contributed by atoms with Crippen LogP contribution in [-0.4, -0.2) is 23.9 Å². The molecule has 1 aliphatic heterocycles. The fraction of sp³-hybridized carbons (Fsp3) is 0.625. The van der Waals surface area contributed by atoms with Crippen molar-refractivity contribution in [2.75, 3.05) is 13.1 Å². The number of amides is 1. The number of carbonyl (C=O) groups is 1. The van der Waals surface area contributed by atoms with E-state index in [4.69, 9.17) is 0 Å². The summed E-state index contributed by atoms with van der Waals surface area (Å²) < 4.78 is 0. The van der Waals surface area contributed by atoms with Gasteiger partial charge in [-0.25, -0.2) is 0 Å². The van der Waals surface area contributed by atoms with E-state index in [-0.39, 0.29) is 5.91 Å². The van der Waals surface area contributed by atoms with Gasteiger partial charge in [0, 0.05) is 19.5 Å². The Morgan fingerprint density at radius 1 is 1.80 bits per heavy atom. The Labute approximate surface area is 61.5 Å². The Kier molecular flexibility index (Phi) is 2.49. The summed E-state index contributed by atoms with van der Waals surface area (Å²) in [6, 6.07) is 0. The standard InChI is InChI=1S/C8H12NO/c1-2-8(10)9-6-4-3-5-7-9/h4H,2,5-7H2,1H3. The zero-order valence-electron chi connectivity index (χ0n) is 6.26. The molecule has 1 heterocycles. The highest BCUT2D eigenvalue weighted by molar-refractivity contribution is 5.76. The summed E-state index contributed by atoms with van der Waals surface area (Å²) >= 11 is 0. The van der Waals surface area contributed by atoms with Crippen molar-refractivity contribution in [2.24, 2.45) is 0 Å². The minimum absolute atomic E-state index is 0.248. The van der Waals surface area contributed by atoms with Crippen molar-refractivity contribution in [1.82, 2.24) is 4.90 Å². The second-order valence-corrected chi connectivity index (χ2v) is 2.35. The van der Waals surface area contributed by atoms with Gasteiger partial charge in [0.05, 0.1) is 0 Å². The maximum atomic E-state index is 11.0. The van der Waals surface area contributed by atoms with Crippen LogP contribution in [0.15, 0.2) is 6.08 Å². The lowest BCUT2D eigenvalue weighted by Crippen LogP contribution is -2.33. The summed E-state index contributed by atoms with van der Waals surface area (Å²) in [4.78, 5) is 12.9. The van der Waals surface area contributed by atoms with Gasteiger partial charge >= 0.3 is 0 Å². The first-order valence-corrected chi connectivity index (χ1v) is 3.67. The molecule has 0 aromatic heterocycles. The molecule has 0 aromatic rings. The van der Waals surface area contributed by atoms with Gasteiger partial charge in [-0.3, -0.25) is 4.79 Å². The van der Waals surface area contributed by atoms with E-state index in [2.05, 4.69) is 6.08 Å². The Morgan fingerprint density at radius 3 is 3.10 bits per heavy atom. The highest BCUT2D eigenvalue weighted by atomic mass is 16.2. The lowest BCUT2D eigenvalue weighted by atomic mass is 10.2. The van der Waals surface area contributed by atoms with E-state index in [1.54, 1.807) is 0 Å². The Hall–Kier alpha value is -0.790. The van der Waals surface area contributed by atoms with E-state index in [0.29, 0.717) is 6.42 Å². The summed E-state index contributed by atoms with van der Waals surface area (Å²) in [6.07, 6.45) is 6.52. The zero-order valence-corrected chi connectivity index (χ0v) is 6.26. The molecule has 0 aliphatic carbocycles. The highest BCUT2D eigenvalue weighted by Crippen LogP contribution is 2.01. The molecule has 0 aromatic carbocycles. The van der Waals surface area contributed by atoms with Crippen LogP contribution in [0.5, 0.6) is 0 Å². The van der Waals surface area contributed by atoms with Crippen molar-refractivity contribution in [1.29, 1.82) is 0 Å². The van der Waals surface area contributed by atoms with Crippen LogP contribution in [0.1, 0.15) is 19.8 Å². The van der Waals surface area contributed by atoms with Crippen LogP contribution in [0.3, 0.4) is 0 Å². The minimum Gasteiger partial charge on any atom is -0.339 e. The average molecular weight is 138 g/mol. The molecule has 0 atom stereocenters. The summed E-state index contributed by atoms with van der Waals surface area (Å²) in [7, 11) is 0. The predicted octanol–water partition coefficient (Wildman–Crippen LogP) is 0.988. The fourth-order valence-electron chi connectivity index (χ4n) is 1.02. The molecule has 0 bridgehead atoms. The number of nitrogens with zero attached hydrogens (tertiary/aromatic N) is 1. The molecule has 0 saturated heterocycles. The molecule has 1 aliphatic rings. The monoisotopic (exact) mass is 138 g/mol. The van der Waals surface area contributed by atoms with Crippen molar-refractivity contribution in [3.05, 3.63) is 12.2 Å². The molecule has 2 heteroatoms. The molecule has 0 saturated carbocycles. The second kappa shape index (κ2) is 3.40. The predicted molar refractivity (Wildman–Crippen MR) is 39.3 cm³/mol. The molecule has 0 N–H and O–H groups in total. The first-order chi connectivity index (χ1) is 4.84. The van der Waals surface area contributed by atoms with Crippen molar-refractivity contribution in [2.45, 2.75) is 19.8 Å². The summed E-state index contributed by atoms with van der Waals surface area (Å²) in [5.74, 6) is 0.248. The molecule has 10 heavy (non-hydrogen) atoms. The van der Waals surface area contributed by atoms with Crippen LogP contribution in [0.25, 0.3) is 0 Å². The van der Waals surface area contributed by atoms with Crippen LogP contribution in [-0.2, 0) is 4.79 Å². The lowest BCUT2D eigenvalue weighted by molar-refractivity contribution is -0.130. The summed E-state index contributed by atoms with van der Waals surface area (Å²) in [5.41, 5.74) is 0. The third-order valence-corrected chi connectivity index (χ3v) is 1.64. The van der Waals surface area contributed by atoms with Gasteiger partial charge in [0.25, 0.3) is 0 Å². The van der Waals surface area contributed by atoms with Gasteiger partial charge in [-0.1, -0.05) is 13.0 Å². The van der Waals surface area contributed by atoms with Crippen molar-refractivity contribution in [3.8, 4) is 0 Å². The van der Waals surface area contributed by atoms with Crippen molar-refractivity contribution >= 4 is 5.91 Å². The van der Waals surface area contributed by atoms with Crippen LogP contribution in [0.2, 0.25) is 0 Å². The highest BCUT2D eigenvalue weighted by Gasteiger charge is 2.10. The minimum atomic E-state index is 0.248. The van der Waals surface area contributed by atoms with Gasteiger partial charge in [0.2, 0.25) is 5.91 Å². The quantitative estimate of drug-likeness (QED) is 0.529. The largest absolute Gasteiger partial charge is 0.339 e. The molecule has 1 radical (unpaired) electrons. The van der Waals surface area contributed by atoms with Gasteiger partial charge in [-0.2, -0.15) is 0 Å². The van der Waals surface area contributed by atoms with Crippen LogP contribution in [0, 0.1) is 6.08 Å². The first-order valence-electron chi connectivity index (χ1n) is 3.67. The smallest absolute Gasteiger partial charge is 0.222 e. The van der Waals surface area contributed by atoms with Gasteiger partial charge in [0.15, 0.2) is 0 Å². The van der Waals surface area contributed by atoms with E-state index >= 15 is 0 Å². The average Bonchev–Trinajstić information content (AvgIpc) is 2.05. The Morgan fingerprint density at radius 2 is 2.60 bits per heavy atom. The molecule has 55 valence electrons. The van der Waals surface area contributed by atoms with E-state index in [1.807, 2.05) is 17.9 Å². The van der Waals surface area contributed by atoms with Crippen LogP contribution < -0.4 is 0 Å². The van der Waals surface area contributed by atoms with E-state index in [1.165, 1.54) is 0 Å². The van der Waals surface area contributed by atoms with Gasteiger partial charge in [-0.15, -0.1) is 0 Å². The molecular weight excluding hydrogens is 126 g/mol. The third-order valence-electron chi connectivity index (χ3n) is 1.64. The van der Waals surface area contributed by atoms with Crippen molar-refractivity contribution < 1.29 is 4.79 Å². The Balaban J connectivity index is 2.41. The maximum absolute atomic E-state index is 11.0. The number of rotatable bonds is 1. The maximum Gasteiger partial charge on any atom is 0.222 e. The van der Waals surface area contributed by atoms with Crippen LogP contribution in [0.4, 0.5) is 0 Å². The third kappa shape index (κ3) is 1.59. The van der Waals surface area contributed by atoms with E-state index in [9.17, 15) is 4.79 Å². The molecule has 1 rings (SSSR count). The van der Waals surface area contributed by atoms with E-state index in [0.717, 1.165) is 19.5 Å². The topological polar surface area (TPSA) is 20.3 Å². The fourth-order valence-corrected chi connectivity index (χ4v) is 1.02. The number of hydrogen-bond donors (Lipinski definition) is 0. The van der Waals surface area contributed by atoms with Crippen LogP contribution >= 0.6 is 0 Å². The summed E-state index contributed by atoms with van der Waals surface area (Å²) in [6.45, 7) is 3.50. The molecule has 0 fully saturated rings. The zero-order chi connectivity index (χ0) is 7.40. The molecule has 1 amide bonds. The van der Waals surface area contributed by atoms with Crippen molar-refractivity contribution in [3.63, 3.8) is 0 Å². The Bertz CT molecular complexity index is 151. The second-order valence-electron chi connectivity index (χ2n) is 2.35.